The maximum Gasteiger partial charge on any atom is 0.321 e. The van der Waals surface area contributed by atoms with Gasteiger partial charge in [0.2, 0.25) is 0 Å². The van der Waals surface area contributed by atoms with Crippen LogP contribution in [0.25, 0.3) is 11.1 Å². The summed E-state index contributed by atoms with van der Waals surface area (Å²) in [5.41, 5.74) is 7.50. The topological polar surface area (TPSA) is 134 Å². The van der Waals surface area contributed by atoms with Gasteiger partial charge in [-0.15, -0.1) is 0 Å². The molecule has 3 rings (SSSR count). The van der Waals surface area contributed by atoms with E-state index in [9.17, 15) is 14.7 Å². The van der Waals surface area contributed by atoms with Crippen molar-refractivity contribution in [1.82, 2.24) is 15.1 Å². The van der Waals surface area contributed by atoms with Gasteiger partial charge in [-0.2, -0.15) is 5.10 Å². The molecule has 0 bridgehead atoms. The summed E-state index contributed by atoms with van der Waals surface area (Å²) in [5.74, 6) is 0.225. The summed E-state index contributed by atoms with van der Waals surface area (Å²) in [6, 6.07) is 5.09. The summed E-state index contributed by atoms with van der Waals surface area (Å²) in [4.78, 5) is 26.5. The fourth-order valence-corrected chi connectivity index (χ4v) is 3.97. The lowest BCUT2D eigenvalue weighted by atomic mass is 9.89. The number of nitrogens with two attached hydrogens (primary N) is 1. The maximum absolute atomic E-state index is 13.1. The Labute approximate surface area is 188 Å². The second kappa shape index (κ2) is 11.5. The number of carbonyl (C=O) groups is 2. The van der Waals surface area contributed by atoms with Gasteiger partial charge in [-0.3, -0.25) is 9.89 Å². The first-order valence-corrected chi connectivity index (χ1v) is 11.2. The number of hydrogen-bond donors (Lipinski definition) is 4. The van der Waals surface area contributed by atoms with Crippen LogP contribution in [0.4, 0.5) is 10.5 Å². The number of aromatic amines is 1. The van der Waals surface area contributed by atoms with E-state index in [0.29, 0.717) is 36.9 Å². The van der Waals surface area contributed by atoms with Crippen LogP contribution in [0.1, 0.15) is 45.4 Å². The lowest BCUT2D eigenvalue weighted by molar-refractivity contribution is -0.123. The molecule has 0 saturated heterocycles. The van der Waals surface area contributed by atoms with Crippen LogP contribution in [0.3, 0.4) is 0 Å². The fourth-order valence-electron chi connectivity index (χ4n) is 3.97. The van der Waals surface area contributed by atoms with Crippen LogP contribution in [0.15, 0.2) is 30.6 Å². The quantitative estimate of drug-likeness (QED) is 0.448. The molecule has 1 fully saturated rings. The molecule has 0 radical (unpaired) electrons. The first-order chi connectivity index (χ1) is 15.5. The Balaban J connectivity index is 1.80. The van der Waals surface area contributed by atoms with E-state index in [2.05, 4.69) is 15.5 Å². The van der Waals surface area contributed by atoms with E-state index >= 15 is 0 Å². The van der Waals surface area contributed by atoms with Crippen molar-refractivity contribution in [3.63, 3.8) is 0 Å². The van der Waals surface area contributed by atoms with Crippen molar-refractivity contribution in [3.8, 4) is 16.9 Å². The molecule has 1 aromatic carbocycles. The largest absolute Gasteiger partial charge is 0.479 e. The van der Waals surface area contributed by atoms with Crippen molar-refractivity contribution in [2.75, 3.05) is 25.0 Å². The van der Waals surface area contributed by atoms with Crippen molar-refractivity contribution in [2.45, 2.75) is 51.6 Å². The SMILES string of the molecule is CC(Oc1cc(-c2cn[nH]c2)ccc1NC(=O)N(CCCO)CC1CCCCC1)C(N)=O. The number of ether oxygens (including phenoxy) is 1. The Kier molecular flexibility index (Phi) is 8.49. The Morgan fingerprint density at radius 2 is 2.09 bits per heavy atom. The first-order valence-electron chi connectivity index (χ1n) is 11.2. The summed E-state index contributed by atoms with van der Waals surface area (Å²) in [7, 11) is 0. The highest BCUT2D eigenvalue weighted by molar-refractivity contribution is 5.92. The third-order valence-corrected chi connectivity index (χ3v) is 5.84. The number of amides is 3. The zero-order chi connectivity index (χ0) is 22.9. The van der Waals surface area contributed by atoms with Crippen molar-refractivity contribution >= 4 is 17.6 Å². The van der Waals surface area contributed by atoms with Gasteiger partial charge in [-0.25, -0.2) is 4.79 Å². The van der Waals surface area contributed by atoms with Crippen molar-refractivity contribution < 1.29 is 19.4 Å². The summed E-state index contributed by atoms with van der Waals surface area (Å²) in [5, 5.41) is 18.9. The summed E-state index contributed by atoms with van der Waals surface area (Å²) in [6.45, 7) is 2.72. The summed E-state index contributed by atoms with van der Waals surface area (Å²) < 4.78 is 5.78. The highest BCUT2D eigenvalue weighted by Crippen LogP contribution is 2.32. The first kappa shape index (κ1) is 23.6. The molecule has 5 N–H and O–H groups in total. The van der Waals surface area contributed by atoms with Gasteiger partial charge in [0.15, 0.2) is 6.10 Å². The highest BCUT2D eigenvalue weighted by Gasteiger charge is 2.22. The average Bonchev–Trinajstić information content (AvgIpc) is 3.33. The number of primary amides is 1. The van der Waals surface area contributed by atoms with E-state index in [0.717, 1.165) is 24.0 Å². The van der Waals surface area contributed by atoms with Gasteiger partial charge < -0.3 is 25.8 Å². The van der Waals surface area contributed by atoms with Gasteiger partial charge in [0.05, 0.1) is 11.9 Å². The lowest BCUT2D eigenvalue weighted by Gasteiger charge is -2.30. The minimum absolute atomic E-state index is 0.0261. The van der Waals surface area contributed by atoms with Crippen LogP contribution >= 0.6 is 0 Å². The molecule has 174 valence electrons. The number of aromatic nitrogens is 2. The lowest BCUT2D eigenvalue weighted by Crippen LogP contribution is -2.40. The number of aliphatic hydroxyl groups is 1. The number of anilines is 1. The predicted molar refractivity (Wildman–Crippen MR) is 122 cm³/mol. The zero-order valence-electron chi connectivity index (χ0n) is 18.5. The molecular formula is C23H33N5O4. The molecule has 1 saturated carbocycles. The van der Waals surface area contributed by atoms with Crippen molar-refractivity contribution in [1.29, 1.82) is 0 Å². The zero-order valence-corrected chi connectivity index (χ0v) is 18.5. The fraction of sp³-hybridized carbons (Fsp3) is 0.522. The second-order valence-corrected chi connectivity index (χ2v) is 8.32. The molecule has 1 aliphatic rings. The molecule has 0 aliphatic heterocycles. The third-order valence-electron chi connectivity index (χ3n) is 5.84. The molecule has 1 aromatic heterocycles. The molecular weight excluding hydrogens is 410 g/mol. The van der Waals surface area contributed by atoms with Crippen molar-refractivity contribution in [3.05, 3.63) is 30.6 Å². The monoisotopic (exact) mass is 443 g/mol. The number of aliphatic hydroxyl groups excluding tert-OH is 1. The van der Waals surface area contributed by atoms with Gasteiger partial charge >= 0.3 is 6.03 Å². The summed E-state index contributed by atoms with van der Waals surface area (Å²) in [6.07, 6.45) is 8.95. The number of hydrogen-bond acceptors (Lipinski definition) is 5. The number of H-pyrrole nitrogens is 1. The molecule has 9 heteroatoms. The number of nitrogens with one attached hydrogen (secondary N) is 2. The minimum atomic E-state index is -0.863. The molecule has 2 aromatic rings. The maximum atomic E-state index is 13.1. The Hall–Kier alpha value is -3.07. The summed E-state index contributed by atoms with van der Waals surface area (Å²) >= 11 is 0. The minimum Gasteiger partial charge on any atom is -0.479 e. The van der Waals surface area contributed by atoms with E-state index in [4.69, 9.17) is 10.5 Å². The van der Waals surface area contributed by atoms with Crippen molar-refractivity contribution in [2.24, 2.45) is 11.7 Å². The van der Waals surface area contributed by atoms with Crippen LogP contribution in [0.5, 0.6) is 5.75 Å². The van der Waals surface area contributed by atoms with Crippen LogP contribution in [-0.2, 0) is 4.79 Å². The molecule has 3 amide bonds. The average molecular weight is 444 g/mol. The molecule has 1 heterocycles. The number of carbonyl (C=O) groups excluding carboxylic acids is 2. The predicted octanol–water partition coefficient (Wildman–Crippen LogP) is 3.13. The normalized spacial score (nSPS) is 15.2. The van der Waals surface area contributed by atoms with Gasteiger partial charge in [-0.05, 0) is 49.8 Å². The van der Waals surface area contributed by atoms with Gasteiger partial charge in [0.25, 0.3) is 5.91 Å². The van der Waals surface area contributed by atoms with E-state index in [1.165, 1.54) is 19.3 Å². The molecule has 32 heavy (non-hydrogen) atoms. The number of benzene rings is 1. The molecule has 0 spiro atoms. The standard InChI is InChI=1S/C23H33N5O4/c1-16(22(24)30)32-21-12-18(19-13-25-26-14-19)8-9-20(21)27-23(31)28(10-5-11-29)15-17-6-3-2-4-7-17/h8-9,12-14,16-17,29H,2-7,10-11,15H2,1H3,(H2,24,30)(H,25,26)(H,27,31). The Morgan fingerprint density at radius 3 is 2.75 bits per heavy atom. The van der Waals surface area contributed by atoms with Crippen LogP contribution in [-0.4, -0.2) is 57.9 Å². The third kappa shape index (κ3) is 6.46. The number of nitrogens with zero attached hydrogens (tertiary/aromatic N) is 2. The smallest absolute Gasteiger partial charge is 0.321 e. The Bertz CT molecular complexity index is 881. The molecule has 9 nitrogen and oxygen atoms in total. The van der Waals surface area contributed by atoms with E-state index in [1.807, 2.05) is 6.07 Å². The molecule has 1 aliphatic carbocycles. The number of rotatable bonds is 10. The van der Waals surface area contributed by atoms with Gasteiger partial charge in [0, 0.05) is 31.5 Å². The Morgan fingerprint density at radius 1 is 1.31 bits per heavy atom. The van der Waals surface area contributed by atoms with Crippen LogP contribution in [0, 0.1) is 5.92 Å². The van der Waals surface area contributed by atoms with E-state index in [-0.39, 0.29) is 12.6 Å². The van der Waals surface area contributed by atoms with Crippen LogP contribution < -0.4 is 15.8 Å². The molecule has 1 atom stereocenters. The van der Waals surface area contributed by atoms with Crippen LogP contribution in [0.2, 0.25) is 0 Å². The highest BCUT2D eigenvalue weighted by atomic mass is 16.5. The van der Waals surface area contributed by atoms with Gasteiger partial charge in [-0.1, -0.05) is 25.3 Å². The molecule has 1 unspecified atom stereocenters. The number of urea groups is 1. The van der Waals surface area contributed by atoms with E-state index in [1.54, 1.807) is 36.4 Å². The second-order valence-electron chi connectivity index (χ2n) is 8.32. The van der Waals surface area contributed by atoms with Gasteiger partial charge in [0.1, 0.15) is 5.75 Å². The van der Waals surface area contributed by atoms with E-state index < -0.39 is 12.0 Å².